The van der Waals surface area contributed by atoms with Crippen LogP contribution in [-0.4, -0.2) is 25.5 Å². The molecule has 3 rings (SSSR count). The average molecular weight is 448 g/mol. The number of nitrogens with zero attached hydrogens (tertiary/aromatic N) is 4. The van der Waals surface area contributed by atoms with E-state index in [1.807, 2.05) is 13.8 Å². The van der Waals surface area contributed by atoms with Gasteiger partial charge < -0.3 is 9.73 Å². The second kappa shape index (κ2) is 8.90. The Morgan fingerprint density at radius 3 is 2.57 bits per heavy atom. The van der Waals surface area contributed by atoms with Gasteiger partial charge in [-0.05, 0) is 26.0 Å². The van der Waals surface area contributed by atoms with Crippen molar-refractivity contribution in [2.45, 2.75) is 46.3 Å². The normalized spacial score (nSPS) is 11.6. The van der Waals surface area contributed by atoms with Gasteiger partial charge in [0.15, 0.2) is 5.76 Å². The van der Waals surface area contributed by atoms with E-state index in [0.29, 0.717) is 11.2 Å². The zero-order valence-corrected chi connectivity index (χ0v) is 16.8. The Hall–Kier alpha value is -2.82. The maximum atomic E-state index is 13.2. The van der Waals surface area contributed by atoms with Crippen LogP contribution in [0.1, 0.15) is 58.7 Å². The molecule has 0 saturated heterocycles. The van der Waals surface area contributed by atoms with Crippen molar-refractivity contribution >= 4 is 17.5 Å². The van der Waals surface area contributed by atoms with Crippen molar-refractivity contribution < 1.29 is 26.8 Å². The Balaban J connectivity index is 1.71. The molecule has 3 aromatic rings. The molecular weight excluding hydrogens is 430 g/mol. The van der Waals surface area contributed by atoms with Crippen molar-refractivity contribution in [3.63, 3.8) is 0 Å². The van der Waals surface area contributed by atoms with Crippen molar-refractivity contribution in [1.29, 1.82) is 0 Å². The molecule has 3 aromatic heterocycles. The lowest BCUT2D eigenvalue weighted by atomic mass is 10.2. The van der Waals surface area contributed by atoms with Gasteiger partial charge in [-0.15, -0.1) is 0 Å². The molecule has 0 spiro atoms. The number of aromatic nitrogens is 4. The van der Waals surface area contributed by atoms with Gasteiger partial charge in [0.2, 0.25) is 0 Å². The molecule has 0 aromatic carbocycles. The van der Waals surface area contributed by atoms with E-state index in [1.165, 1.54) is 12.1 Å². The number of hydrogen-bond donors (Lipinski definition) is 1. The van der Waals surface area contributed by atoms with E-state index in [1.54, 1.807) is 10.9 Å². The van der Waals surface area contributed by atoms with Crippen LogP contribution in [0, 0.1) is 6.92 Å². The molecule has 0 saturated carbocycles. The Morgan fingerprint density at radius 2 is 1.97 bits per heavy atom. The highest BCUT2D eigenvalue weighted by Gasteiger charge is 2.28. The third kappa shape index (κ3) is 4.35. The maximum absolute atomic E-state index is 13.2. The predicted octanol–water partition coefficient (Wildman–Crippen LogP) is 4.51. The molecular formula is C18H18ClF4N5O2. The summed E-state index contributed by atoms with van der Waals surface area (Å²) in [7, 11) is 0. The van der Waals surface area contributed by atoms with Gasteiger partial charge >= 0.3 is 0 Å². The van der Waals surface area contributed by atoms with E-state index >= 15 is 0 Å². The maximum Gasteiger partial charge on any atom is 0.287 e. The highest BCUT2D eigenvalue weighted by molar-refractivity contribution is 6.32. The lowest BCUT2D eigenvalue weighted by Gasteiger charge is -2.05. The number of hydrogen-bond acceptors (Lipinski definition) is 4. The molecule has 30 heavy (non-hydrogen) atoms. The topological polar surface area (TPSA) is 77.9 Å². The van der Waals surface area contributed by atoms with E-state index in [0.717, 1.165) is 11.3 Å². The number of alkyl halides is 4. The minimum absolute atomic E-state index is 0.0588. The van der Waals surface area contributed by atoms with Crippen LogP contribution >= 0.6 is 11.6 Å². The third-order valence-electron chi connectivity index (χ3n) is 4.50. The first kappa shape index (κ1) is 21.9. The molecule has 12 heteroatoms. The lowest BCUT2D eigenvalue weighted by Crippen LogP contribution is -2.22. The van der Waals surface area contributed by atoms with Gasteiger partial charge in [0.1, 0.15) is 17.1 Å². The van der Waals surface area contributed by atoms with Gasteiger partial charge in [-0.3, -0.25) is 14.2 Å². The molecule has 3 heterocycles. The predicted molar refractivity (Wildman–Crippen MR) is 98.8 cm³/mol. The number of furan rings is 1. The number of aryl methyl sites for hydroxylation is 1. The molecule has 0 radical (unpaired) electrons. The van der Waals surface area contributed by atoms with Crippen molar-refractivity contribution in [3.8, 4) is 0 Å². The van der Waals surface area contributed by atoms with Crippen molar-refractivity contribution in [1.82, 2.24) is 24.9 Å². The van der Waals surface area contributed by atoms with Crippen LogP contribution in [0.2, 0.25) is 5.02 Å². The second-order valence-electron chi connectivity index (χ2n) is 6.36. The first-order valence-corrected chi connectivity index (χ1v) is 9.31. The SMILES string of the molecule is CCn1ncc(CNC(=O)c2ccc(Cn3nc(C(F)F)c(Cl)c3C(F)F)o2)c1C. The molecule has 0 unspecified atom stereocenters. The number of rotatable bonds is 8. The third-order valence-corrected chi connectivity index (χ3v) is 4.89. The Morgan fingerprint density at radius 1 is 1.23 bits per heavy atom. The minimum Gasteiger partial charge on any atom is -0.454 e. The van der Waals surface area contributed by atoms with Crippen LogP contribution in [0.15, 0.2) is 22.7 Å². The van der Waals surface area contributed by atoms with Crippen LogP contribution in [0.4, 0.5) is 17.6 Å². The van der Waals surface area contributed by atoms with E-state index in [4.69, 9.17) is 16.0 Å². The monoisotopic (exact) mass is 447 g/mol. The summed E-state index contributed by atoms with van der Waals surface area (Å²) < 4.78 is 60.1. The molecule has 1 amide bonds. The van der Waals surface area contributed by atoms with Crippen molar-refractivity contribution in [3.05, 3.63) is 57.5 Å². The van der Waals surface area contributed by atoms with Gasteiger partial charge in [0.05, 0.1) is 17.8 Å². The fourth-order valence-electron chi connectivity index (χ4n) is 2.91. The van der Waals surface area contributed by atoms with Gasteiger partial charge in [-0.2, -0.15) is 10.2 Å². The van der Waals surface area contributed by atoms with Crippen LogP contribution < -0.4 is 5.32 Å². The van der Waals surface area contributed by atoms with Crippen LogP contribution in [0.5, 0.6) is 0 Å². The molecule has 7 nitrogen and oxygen atoms in total. The summed E-state index contributed by atoms with van der Waals surface area (Å²) in [5.41, 5.74) is -0.00983. The average Bonchev–Trinajstić information content (AvgIpc) is 3.37. The second-order valence-corrected chi connectivity index (χ2v) is 6.74. The largest absolute Gasteiger partial charge is 0.454 e. The minimum atomic E-state index is -3.11. The number of halogens is 5. The molecule has 0 fully saturated rings. The summed E-state index contributed by atoms with van der Waals surface area (Å²) in [6, 6.07) is 2.73. The zero-order chi connectivity index (χ0) is 22.0. The molecule has 162 valence electrons. The highest BCUT2D eigenvalue weighted by Crippen LogP contribution is 2.35. The summed E-state index contributed by atoms with van der Waals surface area (Å²) in [6.07, 6.45) is -4.56. The van der Waals surface area contributed by atoms with Gasteiger partial charge in [-0.1, -0.05) is 11.6 Å². The van der Waals surface area contributed by atoms with E-state index in [2.05, 4.69) is 15.5 Å². The summed E-state index contributed by atoms with van der Waals surface area (Å²) in [5.74, 6) is -0.501. The zero-order valence-electron chi connectivity index (χ0n) is 16.0. The van der Waals surface area contributed by atoms with Crippen molar-refractivity contribution in [2.75, 3.05) is 0 Å². The van der Waals surface area contributed by atoms with E-state index in [-0.39, 0.29) is 24.6 Å². The Labute approximate surface area is 173 Å². The summed E-state index contributed by atoms with van der Waals surface area (Å²) in [5, 5.41) is 9.54. The quantitative estimate of drug-likeness (QED) is 0.515. The van der Waals surface area contributed by atoms with Crippen molar-refractivity contribution in [2.24, 2.45) is 0 Å². The molecule has 1 N–H and O–H groups in total. The fourth-order valence-corrected chi connectivity index (χ4v) is 3.21. The first-order chi connectivity index (χ1) is 14.2. The van der Waals surface area contributed by atoms with Crippen LogP contribution in [0.25, 0.3) is 0 Å². The summed E-state index contributed by atoms with van der Waals surface area (Å²) in [6.45, 7) is 4.37. The number of nitrogens with one attached hydrogen (secondary N) is 1. The highest BCUT2D eigenvalue weighted by atomic mass is 35.5. The van der Waals surface area contributed by atoms with Gasteiger partial charge in [-0.25, -0.2) is 17.6 Å². The number of carbonyl (C=O) groups is 1. The van der Waals surface area contributed by atoms with E-state index < -0.39 is 35.2 Å². The lowest BCUT2D eigenvalue weighted by molar-refractivity contribution is 0.0920. The van der Waals surface area contributed by atoms with Crippen LogP contribution in [0.3, 0.4) is 0 Å². The molecule has 0 aliphatic heterocycles. The molecule has 0 aliphatic carbocycles. The first-order valence-electron chi connectivity index (χ1n) is 8.93. The number of amides is 1. The standard InChI is InChI=1S/C18H18ClF4N5O2/c1-3-27-9(2)10(7-25-27)6-24-18(29)12-5-4-11(30-12)8-28-15(17(22)23)13(19)14(26-28)16(20)21/h4-5,7,16-17H,3,6,8H2,1-2H3,(H,24,29). The van der Waals surface area contributed by atoms with Gasteiger partial charge in [0, 0.05) is 24.3 Å². The Bertz CT molecular complexity index is 1040. The molecule has 0 bridgehead atoms. The molecule has 0 aliphatic rings. The smallest absolute Gasteiger partial charge is 0.287 e. The number of carbonyl (C=O) groups excluding carboxylic acids is 1. The summed E-state index contributed by atoms with van der Waals surface area (Å²) >= 11 is 5.62. The van der Waals surface area contributed by atoms with Crippen LogP contribution in [-0.2, 0) is 19.6 Å². The Kier molecular flexibility index (Phi) is 6.49. The fraction of sp³-hybridized carbons (Fsp3) is 0.389. The summed E-state index contributed by atoms with van der Waals surface area (Å²) in [4.78, 5) is 12.3. The van der Waals surface area contributed by atoms with E-state index in [9.17, 15) is 22.4 Å². The molecule has 0 atom stereocenters. The van der Waals surface area contributed by atoms with Gasteiger partial charge in [0.25, 0.3) is 18.8 Å².